The molecular formula is C12H9ClF3N3O2. The summed E-state index contributed by atoms with van der Waals surface area (Å²) in [7, 11) is 1.42. The number of alkyl halides is 3. The Hall–Kier alpha value is -2.22. The Bertz CT molecular complexity index is 620. The molecule has 0 radical (unpaired) electrons. The van der Waals surface area contributed by atoms with Gasteiger partial charge >= 0.3 is 6.36 Å². The molecule has 0 unspecified atom stereocenters. The highest BCUT2D eigenvalue weighted by molar-refractivity contribution is 6.29. The van der Waals surface area contributed by atoms with Crippen LogP contribution in [0, 0.1) is 0 Å². The van der Waals surface area contributed by atoms with Crippen LogP contribution >= 0.6 is 11.6 Å². The molecule has 21 heavy (non-hydrogen) atoms. The van der Waals surface area contributed by atoms with Crippen molar-refractivity contribution in [3.63, 3.8) is 0 Å². The first kappa shape index (κ1) is 15.2. The zero-order chi connectivity index (χ0) is 15.5. The molecule has 0 aliphatic heterocycles. The van der Waals surface area contributed by atoms with Crippen LogP contribution in [0.15, 0.2) is 30.3 Å². The molecule has 5 nitrogen and oxygen atoms in total. The zero-order valence-electron chi connectivity index (χ0n) is 10.6. The van der Waals surface area contributed by atoms with Gasteiger partial charge in [0.15, 0.2) is 0 Å². The number of rotatable bonds is 4. The summed E-state index contributed by atoms with van der Waals surface area (Å²) in [6.07, 6.45) is -4.72. The van der Waals surface area contributed by atoms with E-state index in [2.05, 4.69) is 20.0 Å². The van der Waals surface area contributed by atoms with Crippen LogP contribution in [0.25, 0.3) is 0 Å². The fourth-order valence-corrected chi connectivity index (χ4v) is 1.60. The van der Waals surface area contributed by atoms with Crippen molar-refractivity contribution in [3.05, 3.63) is 35.5 Å². The van der Waals surface area contributed by atoms with Crippen LogP contribution in [0.2, 0.25) is 5.15 Å². The lowest BCUT2D eigenvalue weighted by atomic mass is 10.3. The van der Waals surface area contributed by atoms with Crippen molar-refractivity contribution in [2.24, 2.45) is 0 Å². The van der Waals surface area contributed by atoms with Gasteiger partial charge in [0, 0.05) is 11.8 Å². The molecule has 2 aromatic rings. The predicted octanol–water partition coefficient (Wildman–Crippen LogP) is 3.78. The number of hydrogen-bond donors (Lipinski definition) is 1. The Labute approximate surface area is 122 Å². The van der Waals surface area contributed by atoms with E-state index in [1.54, 1.807) is 0 Å². The lowest BCUT2D eigenvalue weighted by Gasteiger charge is -2.10. The molecule has 0 saturated heterocycles. The summed E-state index contributed by atoms with van der Waals surface area (Å²) in [4.78, 5) is 7.90. The average Bonchev–Trinajstić information content (AvgIpc) is 2.38. The monoisotopic (exact) mass is 319 g/mol. The molecule has 9 heteroatoms. The van der Waals surface area contributed by atoms with Gasteiger partial charge in [-0.3, -0.25) is 0 Å². The van der Waals surface area contributed by atoms with Crippen molar-refractivity contribution in [2.45, 2.75) is 6.36 Å². The van der Waals surface area contributed by atoms with E-state index >= 15 is 0 Å². The molecule has 0 fully saturated rings. The van der Waals surface area contributed by atoms with E-state index in [9.17, 15) is 13.2 Å². The normalized spacial score (nSPS) is 11.1. The van der Waals surface area contributed by atoms with Crippen LogP contribution in [0.1, 0.15) is 0 Å². The van der Waals surface area contributed by atoms with Crippen LogP contribution < -0.4 is 14.8 Å². The second-order valence-electron chi connectivity index (χ2n) is 3.75. The smallest absolute Gasteiger partial charge is 0.481 e. The number of benzene rings is 1. The van der Waals surface area contributed by atoms with E-state index in [1.165, 1.54) is 25.3 Å². The largest absolute Gasteiger partial charge is 0.573 e. The minimum atomic E-state index is -4.72. The fraction of sp³-hybridized carbons (Fsp3) is 0.167. The summed E-state index contributed by atoms with van der Waals surface area (Å²) in [5, 5.41) is 2.95. The highest BCUT2D eigenvalue weighted by atomic mass is 35.5. The van der Waals surface area contributed by atoms with Gasteiger partial charge in [-0.25, -0.2) is 4.98 Å². The predicted molar refractivity (Wildman–Crippen MR) is 70.0 cm³/mol. The molecule has 1 heterocycles. The van der Waals surface area contributed by atoms with Gasteiger partial charge in [0.05, 0.1) is 7.11 Å². The maximum Gasteiger partial charge on any atom is 0.573 e. The standard InChI is InChI=1S/C12H9ClF3N3O2/c1-20-10-6-9(13)18-11(19-10)17-7-2-4-8(5-3-7)21-12(14,15)16/h2-6H,1H3,(H,17,18,19). The molecule has 0 saturated carbocycles. The molecule has 0 bridgehead atoms. The number of methoxy groups -OCH3 is 1. The van der Waals surface area contributed by atoms with Gasteiger partial charge in [0.1, 0.15) is 10.9 Å². The first-order valence-electron chi connectivity index (χ1n) is 5.57. The van der Waals surface area contributed by atoms with Crippen molar-refractivity contribution in [1.82, 2.24) is 9.97 Å². The minimum Gasteiger partial charge on any atom is -0.481 e. The molecule has 0 aliphatic rings. The molecule has 0 atom stereocenters. The van der Waals surface area contributed by atoms with Crippen LogP contribution in [-0.4, -0.2) is 23.4 Å². The van der Waals surface area contributed by atoms with E-state index in [0.717, 1.165) is 12.1 Å². The average molecular weight is 320 g/mol. The van der Waals surface area contributed by atoms with Gasteiger partial charge in [0.25, 0.3) is 0 Å². The number of hydrogen-bond acceptors (Lipinski definition) is 5. The topological polar surface area (TPSA) is 56.3 Å². The van der Waals surface area contributed by atoms with Crippen molar-refractivity contribution >= 4 is 23.2 Å². The Kier molecular flexibility index (Phi) is 4.37. The summed E-state index contributed by atoms with van der Waals surface area (Å²) >= 11 is 5.78. The molecule has 1 aromatic carbocycles. The summed E-state index contributed by atoms with van der Waals surface area (Å²) in [6, 6.07) is 6.53. The molecule has 0 amide bonds. The first-order valence-corrected chi connectivity index (χ1v) is 5.95. The maximum absolute atomic E-state index is 12.0. The summed E-state index contributed by atoms with van der Waals surface area (Å²) in [6.45, 7) is 0. The van der Waals surface area contributed by atoms with Crippen LogP contribution in [0.5, 0.6) is 11.6 Å². The second-order valence-corrected chi connectivity index (χ2v) is 4.14. The minimum absolute atomic E-state index is 0.156. The number of nitrogens with zero attached hydrogens (tertiary/aromatic N) is 2. The molecule has 0 spiro atoms. The highest BCUT2D eigenvalue weighted by Gasteiger charge is 2.30. The Balaban J connectivity index is 2.11. The van der Waals surface area contributed by atoms with E-state index in [1.807, 2.05) is 0 Å². The summed E-state index contributed by atoms with van der Waals surface area (Å²) in [5.74, 6) is 0.0935. The third kappa shape index (κ3) is 4.67. The summed E-state index contributed by atoms with van der Waals surface area (Å²) < 4.78 is 44.8. The van der Waals surface area contributed by atoms with Gasteiger partial charge in [-0.1, -0.05) is 11.6 Å². The number of anilines is 2. The van der Waals surface area contributed by atoms with E-state index in [0.29, 0.717) is 5.69 Å². The van der Waals surface area contributed by atoms with Crippen LogP contribution in [0.4, 0.5) is 24.8 Å². The highest BCUT2D eigenvalue weighted by Crippen LogP contribution is 2.25. The van der Waals surface area contributed by atoms with Crippen LogP contribution in [-0.2, 0) is 0 Å². The quantitative estimate of drug-likeness (QED) is 0.869. The molecule has 1 N–H and O–H groups in total. The summed E-state index contributed by atoms with van der Waals surface area (Å²) in [5.41, 5.74) is 0.467. The van der Waals surface area contributed by atoms with Gasteiger partial charge < -0.3 is 14.8 Å². The molecular weight excluding hydrogens is 311 g/mol. The van der Waals surface area contributed by atoms with E-state index in [4.69, 9.17) is 16.3 Å². The fourth-order valence-electron chi connectivity index (χ4n) is 1.43. The number of nitrogens with one attached hydrogen (secondary N) is 1. The van der Waals surface area contributed by atoms with Crippen molar-refractivity contribution in [1.29, 1.82) is 0 Å². The van der Waals surface area contributed by atoms with Gasteiger partial charge in [0.2, 0.25) is 11.8 Å². The van der Waals surface area contributed by atoms with Crippen LogP contribution in [0.3, 0.4) is 0 Å². The van der Waals surface area contributed by atoms with E-state index in [-0.39, 0.29) is 22.7 Å². The number of aromatic nitrogens is 2. The number of ether oxygens (including phenoxy) is 2. The van der Waals surface area contributed by atoms with Gasteiger partial charge in [-0.2, -0.15) is 4.98 Å². The number of halogens is 4. The molecule has 0 aliphatic carbocycles. The lowest BCUT2D eigenvalue weighted by molar-refractivity contribution is -0.274. The maximum atomic E-state index is 12.0. The zero-order valence-corrected chi connectivity index (χ0v) is 11.4. The van der Waals surface area contributed by atoms with Gasteiger partial charge in [-0.15, -0.1) is 13.2 Å². The first-order chi connectivity index (χ1) is 9.85. The van der Waals surface area contributed by atoms with Gasteiger partial charge in [-0.05, 0) is 24.3 Å². The molecule has 112 valence electrons. The Morgan fingerprint density at radius 3 is 2.38 bits per heavy atom. The van der Waals surface area contributed by atoms with Crippen molar-refractivity contribution in [3.8, 4) is 11.6 Å². The lowest BCUT2D eigenvalue weighted by Crippen LogP contribution is -2.17. The SMILES string of the molecule is COc1cc(Cl)nc(Nc2ccc(OC(F)(F)F)cc2)n1. The Morgan fingerprint density at radius 2 is 1.81 bits per heavy atom. The molecule has 2 rings (SSSR count). The van der Waals surface area contributed by atoms with Crippen molar-refractivity contribution < 1.29 is 22.6 Å². The Morgan fingerprint density at radius 1 is 1.14 bits per heavy atom. The third-order valence-corrected chi connectivity index (χ3v) is 2.42. The molecule has 1 aromatic heterocycles. The van der Waals surface area contributed by atoms with E-state index < -0.39 is 6.36 Å². The third-order valence-electron chi connectivity index (χ3n) is 2.22. The second kappa shape index (κ2) is 6.04. The van der Waals surface area contributed by atoms with Crippen molar-refractivity contribution in [2.75, 3.05) is 12.4 Å².